The van der Waals surface area contributed by atoms with Gasteiger partial charge < -0.3 is 23.9 Å². The van der Waals surface area contributed by atoms with Crippen LogP contribution in [0.5, 0.6) is 5.75 Å². The zero-order chi connectivity index (χ0) is 23.8. The highest BCUT2D eigenvalue weighted by molar-refractivity contribution is 5.97. The summed E-state index contributed by atoms with van der Waals surface area (Å²) in [5.41, 5.74) is 2.33. The molecule has 1 unspecified atom stereocenters. The van der Waals surface area contributed by atoms with Crippen LogP contribution in [0.1, 0.15) is 12.8 Å². The number of carbonyl (C=O) groups excluding carboxylic acids is 1. The van der Waals surface area contributed by atoms with Crippen molar-refractivity contribution in [2.45, 2.75) is 19.1 Å². The van der Waals surface area contributed by atoms with E-state index in [0.29, 0.717) is 41.6 Å². The Bertz CT molecular complexity index is 1200. The van der Waals surface area contributed by atoms with E-state index in [9.17, 15) is 4.79 Å². The van der Waals surface area contributed by atoms with Crippen LogP contribution in [0.4, 0.5) is 21.9 Å². The lowest BCUT2D eigenvalue weighted by atomic mass is 10.1. The fraction of sp³-hybridized carbons (Fsp3) is 0.217. The third-order valence-corrected chi connectivity index (χ3v) is 4.80. The highest BCUT2D eigenvalue weighted by Gasteiger charge is 2.19. The average Bonchev–Trinajstić information content (AvgIpc) is 3.54. The van der Waals surface area contributed by atoms with E-state index >= 15 is 0 Å². The number of guanidine groups is 1. The maximum Gasteiger partial charge on any atom is 0.413 e. The van der Waals surface area contributed by atoms with Crippen molar-refractivity contribution < 1.29 is 23.4 Å². The third kappa shape index (κ3) is 5.81. The van der Waals surface area contributed by atoms with E-state index in [1.54, 1.807) is 48.7 Å². The third-order valence-electron chi connectivity index (χ3n) is 4.80. The largest absolute Gasteiger partial charge is 0.496 e. The summed E-state index contributed by atoms with van der Waals surface area (Å²) in [6, 6.07) is 12.1. The number of hydrogen-bond acceptors (Lipinski definition) is 8. The van der Waals surface area contributed by atoms with E-state index in [1.807, 2.05) is 6.19 Å². The van der Waals surface area contributed by atoms with Gasteiger partial charge in [-0.1, -0.05) is 6.07 Å². The number of nitriles is 1. The number of carbonyl (C=O) groups is 1. The van der Waals surface area contributed by atoms with Crippen molar-refractivity contribution in [3.63, 3.8) is 0 Å². The first-order valence-corrected chi connectivity index (χ1v) is 10.4. The summed E-state index contributed by atoms with van der Waals surface area (Å²) >= 11 is 0. The van der Waals surface area contributed by atoms with E-state index in [2.05, 4.69) is 25.9 Å². The molecule has 3 N–H and O–H groups in total. The number of benzene rings is 2. The van der Waals surface area contributed by atoms with Crippen LogP contribution in [-0.4, -0.2) is 37.0 Å². The summed E-state index contributed by atoms with van der Waals surface area (Å²) in [7, 11) is 1.54. The molecule has 2 aromatic carbocycles. The lowest BCUT2D eigenvalue weighted by Gasteiger charge is -2.13. The molecular weight excluding hydrogens is 440 g/mol. The highest BCUT2D eigenvalue weighted by Crippen LogP contribution is 2.33. The van der Waals surface area contributed by atoms with Crippen LogP contribution in [0.3, 0.4) is 0 Å². The van der Waals surface area contributed by atoms with Crippen LogP contribution in [0.15, 0.2) is 64.5 Å². The number of oxazole rings is 1. The first-order valence-electron chi connectivity index (χ1n) is 10.4. The molecule has 2 heterocycles. The van der Waals surface area contributed by atoms with Gasteiger partial charge in [0, 0.05) is 23.9 Å². The van der Waals surface area contributed by atoms with Crippen LogP contribution >= 0.6 is 0 Å². The van der Waals surface area contributed by atoms with E-state index in [-0.39, 0.29) is 5.96 Å². The number of amides is 1. The van der Waals surface area contributed by atoms with Gasteiger partial charge >= 0.3 is 6.09 Å². The molecule has 3 aromatic rings. The van der Waals surface area contributed by atoms with Gasteiger partial charge in [0.2, 0.25) is 12.2 Å². The van der Waals surface area contributed by atoms with Crippen LogP contribution in [0, 0.1) is 11.5 Å². The predicted octanol–water partition coefficient (Wildman–Crippen LogP) is 4.21. The summed E-state index contributed by atoms with van der Waals surface area (Å²) in [6.45, 7) is 0.583. The number of methoxy groups -OCH3 is 1. The zero-order valence-electron chi connectivity index (χ0n) is 18.3. The second-order valence-corrected chi connectivity index (χ2v) is 7.13. The van der Waals surface area contributed by atoms with Gasteiger partial charge in [0.25, 0.3) is 0 Å². The van der Waals surface area contributed by atoms with Crippen molar-refractivity contribution >= 4 is 29.1 Å². The molecule has 0 saturated carbocycles. The van der Waals surface area contributed by atoms with Crippen molar-refractivity contribution in [3.8, 4) is 23.3 Å². The Morgan fingerprint density at radius 2 is 2.09 bits per heavy atom. The molecule has 174 valence electrons. The number of rotatable bonds is 6. The van der Waals surface area contributed by atoms with Gasteiger partial charge in [0.1, 0.15) is 5.75 Å². The molecule has 11 nitrogen and oxygen atoms in total. The number of ether oxygens (including phenoxy) is 3. The summed E-state index contributed by atoms with van der Waals surface area (Å²) in [6.07, 6.45) is 5.20. The summed E-state index contributed by atoms with van der Waals surface area (Å²) in [5.74, 6) is 1.27. The Kier molecular flexibility index (Phi) is 7.22. The normalized spacial score (nSPS) is 15.3. The van der Waals surface area contributed by atoms with E-state index < -0.39 is 12.4 Å². The molecule has 0 aliphatic carbocycles. The molecule has 1 saturated heterocycles. The maximum atomic E-state index is 12.1. The fourth-order valence-corrected chi connectivity index (χ4v) is 3.29. The van der Waals surface area contributed by atoms with Crippen LogP contribution in [0.2, 0.25) is 0 Å². The smallest absolute Gasteiger partial charge is 0.413 e. The average molecular weight is 462 g/mol. The number of nitrogens with zero attached hydrogens (tertiary/aromatic N) is 3. The molecule has 1 amide bonds. The van der Waals surface area contributed by atoms with Crippen LogP contribution in [0.25, 0.3) is 11.3 Å². The maximum absolute atomic E-state index is 12.1. The van der Waals surface area contributed by atoms with Crippen LogP contribution < -0.4 is 20.7 Å². The Morgan fingerprint density at radius 1 is 1.24 bits per heavy atom. The lowest BCUT2D eigenvalue weighted by Crippen LogP contribution is -2.26. The number of aromatic nitrogens is 1. The molecule has 1 aliphatic rings. The van der Waals surface area contributed by atoms with Gasteiger partial charge in [0.05, 0.1) is 31.2 Å². The van der Waals surface area contributed by atoms with E-state index in [0.717, 1.165) is 12.0 Å². The molecule has 1 aliphatic heterocycles. The number of aliphatic imine (C=N–C) groups is 1. The Hall–Kier alpha value is -4.56. The van der Waals surface area contributed by atoms with Crippen molar-refractivity contribution in [2.24, 2.45) is 4.99 Å². The second-order valence-electron chi connectivity index (χ2n) is 7.13. The monoisotopic (exact) mass is 462 g/mol. The fourth-order valence-electron chi connectivity index (χ4n) is 3.29. The van der Waals surface area contributed by atoms with Gasteiger partial charge in [0.15, 0.2) is 18.3 Å². The molecule has 4 rings (SSSR count). The van der Waals surface area contributed by atoms with Gasteiger partial charge in [-0.3, -0.25) is 10.6 Å². The minimum absolute atomic E-state index is 0.177. The van der Waals surface area contributed by atoms with Crippen molar-refractivity contribution in [1.29, 1.82) is 5.26 Å². The topological polar surface area (TPSA) is 143 Å². The molecule has 0 radical (unpaired) electrons. The van der Waals surface area contributed by atoms with Gasteiger partial charge in [-0.2, -0.15) is 5.26 Å². The standard InChI is InChI=1S/C23H22N6O5/c1-31-19-11-17(7-8-18(19)20-12-25-14-33-20)28-22(26-13-24)27-15-4-2-5-16(10-15)29-23(30)34-21-6-3-9-32-21/h2,4-5,7-8,10-12,14,21H,3,6,9H2,1H3,(H,29,30)(H2,26,27,28). The molecule has 0 spiro atoms. The molecular formula is C23H22N6O5. The first kappa shape index (κ1) is 22.6. The lowest BCUT2D eigenvalue weighted by molar-refractivity contribution is -0.0633. The SMILES string of the molecule is COc1cc(N=C(NC#N)Nc2cccc(NC(=O)OC3CCCO3)c2)ccc1-c1cnco1. The van der Waals surface area contributed by atoms with Gasteiger partial charge in [-0.15, -0.1) is 0 Å². The molecule has 1 fully saturated rings. The van der Waals surface area contributed by atoms with Crippen molar-refractivity contribution in [3.05, 3.63) is 55.1 Å². The highest BCUT2D eigenvalue weighted by atomic mass is 16.7. The minimum Gasteiger partial charge on any atom is -0.496 e. The first-order chi connectivity index (χ1) is 16.6. The van der Waals surface area contributed by atoms with Crippen molar-refractivity contribution in [2.75, 3.05) is 24.4 Å². The summed E-state index contributed by atoms with van der Waals surface area (Å²) in [4.78, 5) is 20.5. The minimum atomic E-state index is -0.605. The summed E-state index contributed by atoms with van der Waals surface area (Å²) in [5, 5.41) is 17.4. The van der Waals surface area contributed by atoms with Crippen LogP contribution in [-0.2, 0) is 9.47 Å². The van der Waals surface area contributed by atoms with Gasteiger partial charge in [-0.05, 0) is 36.8 Å². The second kappa shape index (κ2) is 10.8. The van der Waals surface area contributed by atoms with E-state index in [4.69, 9.17) is 23.9 Å². The Balaban J connectivity index is 1.48. The number of hydrogen-bond donors (Lipinski definition) is 3. The Morgan fingerprint density at radius 3 is 2.79 bits per heavy atom. The molecule has 0 bridgehead atoms. The molecule has 11 heteroatoms. The van der Waals surface area contributed by atoms with E-state index in [1.165, 1.54) is 13.5 Å². The van der Waals surface area contributed by atoms with Crippen molar-refractivity contribution in [1.82, 2.24) is 10.3 Å². The zero-order valence-corrected chi connectivity index (χ0v) is 18.3. The molecule has 1 aromatic heterocycles. The molecule has 1 atom stereocenters. The predicted molar refractivity (Wildman–Crippen MR) is 123 cm³/mol. The molecule has 34 heavy (non-hydrogen) atoms. The quantitative estimate of drug-likeness (QED) is 0.212. The van der Waals surface area contributed by atoms with Gasteiger partial charge in [-0.25, -0.2) is 14.8 Å². The summed E-state index contributed by atoms with van der Waals surface area (Å²) < 4.78 is 21.3. The number of nitrogens with one attached hydrogen (secondary N) is 3. The Labute approximate surface area is 195 Å². The number of anilines is 2.